The molecule has 2 saturated heterocycles. The average Bonchev–Trinajstić information content (AvgIpc) is 3.23. The van der Waals surface area contributed by atoms with Gasteiger partial charge in [-0.2, -0.15) is 0 Å². The van der Waals surface area contributed by atoms with Gasteiger partial charge in [-0.05, 0) is 12.1 Å². The number of anilines is 2. The molecule has 10 nitrogen and oxygen atoms in total. The number of nitrogens with one attached hydrogen (secondary N) is 2. The highest BCUT2D eigenvalue weighted by molar-refractivity contribution is 6.31. The van der Waals surface area contributed by atoms with Gasteiger partial charge in [0.15, 0.2) is 23.1 Å². The zero-order valence-electron chi connectivity index (χ0n) is 31.4. The van der Waals surface area contributed by atoms with Crippen molar-refractivity contribution in [3.8, 4) is 0 Å². The summed E-state index contributed by atoms with van der Waals surface area (Å²) in [5, 5.41) is 7.04. The first-order valence-electron chi connectivity index (χ1n) is 19.9. The van der Waals surface area contributed by atoms with E-state index >= 15 is 0 Å². The number of hydrogen-bond donors (Lipinski definition) is 2. The number of fused-ring (bicyclic) bond motifs is 4. The van der Waals surface area contributed by atoms with E-state index in [0.717, 1.165) is 118 Å². The van der Waals surface area contributed by atoms with Gasteiger partial charge in [0, 0.05) is 77.1 Å². The molecule has 0 radical (unpaired) electrons. The Hall–Kier alpha value is -5.00. The highest BCUT2D eigenvalue weighted by Gasteiger charge is 2.36. The quantitative estimate of drug-likeness (QED) is 0.109. The molecule has 0 spiro atoms. The van der Waals surface area contributed by atoms with Crippen molar-refractivity contribution in [3.05, 3.63) is 129 Å². The average molecular weight is 743 g/mol. The van der Waals surface area contributed by atoms with Crippen molar-refractivity contribution in [1.29, 1.82) is 0 Å². The maximum absolute atomic E-state index is 13.5. The molecule has 0 atom stereocenters. The van der Waals surface area contributed by atoms with E-state index in [-0.39, 0.29) is 23.1 Å². The topological polar surface area (TPSA) is 111 Å². The number of nitrogens with zero attached hydrogens (tertiary/aromatic N) is 2. The summed E-state index contributed by atoms with van der Waals surface area (Å²) in [6.07, 6.45) is 2.97. The molecule has 2 fully saturated rings. The largest absolute Gasteiger partial charge is 0.384 e. The summed E-state index contributed by atoms with van der Waals surface area (Å²) in [5.41, 5.74) is 5.25. The van der Waals surface area contributed by atoms with Crippen LogP contribution in [0, 0.1) is 0 Å². The molecule has 55 heavy (non-hydrogen) atoms. The molecular weight excluding hydrogens is 693 g/mol. The van der Waals surface area contributed by atoms with Crippen LogP contribution in [-0.2, 0) is 9.47 Å². The molecule has 0 saturated carbocycles. The SMILES string of the molecule is O=C1c2ccccc2C(=O)c2c(NCCC[N+]3(CCC[N+]4(CCCNc5cccc6c5C(=O)c5ccccc5C6=O)CCOCC4)CCOCC3)cccc21. The summed E-state index contributed by atoms with van der Waals surface area (Å²) in [6.45, 7) is 12.6. The standard InChI is InChI=1S/C45H48N4O6/c50-42-32-10-1-3-12-34(32)44(52)40-36(42)14-5-16-38(40)46-18-7-20-48(24-28-54-29-25-48)22-9-23-49(26-30-55-31-27-49)21-8-19-47-39-17-6-15-37-41(39)45(53)35-13-4-2-11-33(35)43(37)51/h1-6,10-17H,7-9,18-31H2/p+2. The van der Waals surface area contributed by atoms with E-state index in [1.165, 1.54) is 0 Å². The zero-order valence-corrected chi connectivity index (χ0v) is 31.4. The predicted octanol–water partition coefficient (Wildman–Crippen LogP) is 5.63. The molecule has 2 N–H and O–H groups in total. The lowest BCUT2D eigenvalue weighted by atomic mass is 9.83. The van der Waals surface area contributed by atoms with Crippen LogP contribution in [0.15, 0.2) is 84.9 Å². The van der Waals surface area contributed by atoms with Crippen LogP contribution in [0.1, 0.15) is 82.9 Å². The van der Waals surface area contributed by atoms with Gasteiger partial charge in [-0.3, -0.25) is 19.2 Å². The minimum atomic E-state index is -0.0994. The number of morpholine rings is 2. The van der Waals surface area contributed by atoms with Gasteiger partial charge >= 0.3 is 0 Å². The maximum Gasteiger partial charge on any atom is 0.196 e. The number of ether oxygens (including phenoxy) is 2. The van der Waals surface area contributed by atoms with Gasteiger partial charge in [-0.1, -0.05) is 72.8 Å². The van der Waals surface area contributed by atoms with Gasteiger partial charge in [-0.25, -0.2) is 0 Å². The van der Waals surface area contributed by atoms with Gasteiger partial charge in [0.2, 0.25) is 0 Å². The second-order valence-corrected chi connectivity index (χ2v) is 15.5. The third-order valence-corrected chi connectivity index (χ3v) is 12.3. The fraction of sp³-hybridized carbons (Fsp3) is 0.378. The van der Waals surface area contributed by atoms with Crippen LogP contribution < -0.4 is 10.6 Å². The molecular formula is C45H50N4O6+2. The first-order chi connectivity index (χ1) is 26.9. The lowest BCUT2D eigenvalue weighted by Gasteiger charge is -2.44. The van der Waals surface area contributed by atoms with Crippen LogP contribution in [-0.4, -0.2) is 124 Å². The van der Waals surface area contributed by atoms with Crippen LogP contribution in [0.4, 0.5) is 11.4 Å². The molecule has 0 amide bonds. The number of carbonyl (C=O) groups is 4. The maximum atomic E-state index is 13.5. The Morgan fingerprint density at radius 2 is 0.764 bits per heavy atom. The van der Waals surface area contributed by atoms with Crippen molar-refractivity contribution < 1.29 is 37.6 Å². The van der Waals surface area contributed by atoms with Gasteiger partial charge in [0.25, 0.3) is 0 Å². The Balaban J connectivity index is 0.862. The third-order valence-electron chi connectivity index (χ3n) is 12.3. The van der Waals surface area contributed by atoms with Crippen LogP contribution in [0.2, 0.25) is 0 Å². The molecule has 2 heterocycles. The molecule has 0 aromatic heterocycles. The molecule has 10 heteroatoms. The van der Waals surface area contributed by atoms with Crippen molar-refractivity contribution in [2.24, 2.45) is 0 Å². The van der Waals surface area contributed by atoms with E-state index in [4.69, 9.17) is 9.47 Å². The molecule has 0 bridgehead atoms. The van der Waals surface area contributed by atoms with Gasteiger partial charge < -0.3 is 29.1 Å². The summed E-state index contributed by atoms with van der Waals surface area (Å²) in [6, 6.07) is 25.2. The Labute approximate surface area is 322 Å². The number of benzene rings is 4. The van der Waals surface area contributed by atoms with E-state index in [0.29, 0.717) is 57.6 Å². The van der Waals surface area contributed by atoms with Crippen molar-refractivity contribution in [2.45, 2.75) is 19.3 Å². The van der Waals surface area contributed by atoms with E-state index in [1.807, 2.05) is 36.4 Å². The lowest BCUT2D eigenvalue weighted by molar-refractivity contribution is -0.952. The Morgan fingerprint density at radius 3 is 1.16 bits per heavy atom. The first kappa shape index (κ1) is 36.9. The van der Waals surface area contributed by atoms with Crippen molar-refractivity contribution in [1.82, 2.24) is 0 Å². The van der Waals surface area contributed by atoms with E-state index < -0.39 is 0 Å². The monoisotopic (exact) mass is 742 g/mol. The molecule has 4 aromatic carbocycles. The summed E-state index contributed by atoms with van der Waals surface area (Å²) in [4.78, 5) is 53.4. The second kappa shape index (κ2) is 16.0. The minimum Gasteiger partial charge on any atom is -0.384 e. The molecule has 0 unspecified atom stereocenters. The minimum absolute atomic E-state index is 0.0981. The fourth-order valence-corrected chi connectivity index (χ4v) is 9.18. The number of ketones is 4. The van der Waals surface area contributed by atoms with E-state index in [1.54, 1.807) is 48.5 Å². The molecule has 2 aliphatic carbocycles. The molecule has 4 aromatic rings. The number of quaternary nitrogens is 2. The molecule has 4 aliphatic rings. The summed E-state index contributed by atoms with van der Waals surface area (Å²) >= 11 is 0. The first-order valence-corrected chi connectivity index (χ1v) is 19.9. The second-order valence-electron chi connectivity index (χ2n) is 15.5. The Morgan fingerprint density at radius 1 is 0.418 bits per heavy atom. The van der Waals surface area contributed by atoms with Crippen LogP contribution in [0.3, 0.4) is 0 Å². The lowest BCUT2D eigenvalue weighted by Crippen LogP contribution is -2.59. The third kappa shape index (κ3) is 7.39. The predicted molar refractivity (Wildman–Crippen MR) is 211 cm³/mol. The number of hydrogen-bond acceptors (Lipinski definition) is 8. The smallest absolute Gasteiger partial charge is 0.196 e. The van der Waals surface area contributed by atoms with Crippen LogP contribution in [0.25, 0.3) is 0 Å². The zero-order chi connectivity index (χ0) is 37.8. The van der Waals surface area contributed by atoms with Gasteiger partial charge in [0.1, 0.15) is 26.2 Å². The normalized spacial score (nSPS) is 18.2. The van der Waals surface area contributed by atoms with E-state index in [9.17, 15) is 19.2 Å². The van der Waals surface area contributed by atoms with Crippen molar-refractivity contribution in [3.63, 3.8) is 0 Å². The summed E-state index contributed by atoms with van der Waals surface area (Å²) < 4.78 is 13.7. The van der Waals surface area contributed by atoms with Crippen LogP contribution >= 0.6 is 0 Å². The number of rotatable bonds is 14. The van der Waals surface area contributed by atoms with Gasteiger partial charge in [-0.15, -0.1) is 0 Å². The van der Waals surface area contributed by atoms with Gasteiger partial charge in [0.05, 0.1) is 63.7 Å². The molecule has 284 valence electrons. The molecule has 2 aliphatic heterocycles. The highest BCUT2D eigenvalue weighted by atomic mass is 16.5. The number of carbonyl (C=O) groups excluding carboxylic acids is 4. The van der Waals surface area contributed by atoms with E-state index in [2.05, 4.69) is 10.6 Å². The molecule has 8 rings (SSSR count). The fourth-order valence-electron chi connectivity index (χ4n) is 9.18. The Bertz CT molecular complexity index is 1970. The highest BCUT2D eigenvalue weighted by Crippen LogP contribution is 2.33. The van der Waals surface area contributed by atoms with Crippen molar-refractivity contribution >= 4 is 34.5 Å². The summed E-state index contributed by atoms with van der Waals surface area (Å²) in [7, 11) is 0. The van der Waals surface area contributed by atoms with Crippen molar-refractivity contribution in [2.75, 3.05) is 103 Å². The summed E-state index contributed by atoms with van der Waals surface area (Å²) in [5.74, 6) is -0.395. The Kier molecular flexibility index (Phi) is 10.7. The van der Waals surface area contributed by atoms with Crippen LogP contribution in [0.5, 0.6) is 0 Å².